The van der Waals surface area contributed by atoms with Crippen LogP contribution in [0.15, 0.2) is 59.1 Å². The Hall–Kier alpha value is -1.16. The molecular weight excluding hydrogens is 324 g/mol. The minimum Gasteiger partial charge on any atom is -0.309 e. The lowest BCUT2D eigenvalue weighted by Gasteiger charge is -2.17. The van der Waals surface area contributed by atoms with Crippen LogP contribution in [0.2, 0.25) is 0 Å². The zero-order valence-corrected chi connectivity index (χ0v) is 13.7. The zero-order chi connectivity index (χ0) is 14.5. The Kier molecular flexibility index (Phi) is 5.07. The van der Waals surface area contributed by atoms with Crippen LogP contribution in [0, 0.1) is 0 Å². The highest BCUT2D eigenvalue weighted by atomic mass is 79.9. The molecule has 1 atom stereocenters. The standard InChI is InChI=1S/C18H21BrN2/c19-17-8-6-15(7-9-17)12-20-18-10-11-21(14-18)13-16-4-2-1-3-5-16/h1-9,18,20H,10-14H2. The number of nitrogens with zero attached hydrogens (tertiary/aromatic N) is 1. The highest BCUT2D eigenvalue weighted by Gasteiger charge is 2.21. The van der Waals surface area contributed by atoms with Gasteiger partial charge in [-0.1, -0.05) is 58.4 Å². The molecule has 0 radical (unpaired) electrons. The summed E-state index contributed by atoms with van der Waals surface area (Å²) in [5, 5.41) is 3.68. The van der Waals surface area contributed by atoms with Crippen LogP contribution in [-0.2, 0) is 13.1 Å². The van der Waals surface area contributed by atoms with E-state index in [2.05, 4.69) is 80.7 Å². The highest BCUT2D eigenvalue weighted by molar-refractivity contribution is 9.10. The van der Waals surface area contributed by atoms with E-state index in [1.807, 2.05) is 0 Å². The quantitative estimate of drug-likeness (QED) is 0.886. The van der Waals surface area contributed by atoms with Crippen LogP contribution < -0.4 is 5.32 Å². The van der Waals surface area contributed by atoms with Gasteiger partial charge in [0.15, 0.2) is 0 Å². The van der Waals surface area contributed by atoms with E-state index in [0.29, 0.717) is 6.04 Å². The van der Waals surface area contributed by atoms with E-state index in [1.54, 1.807) is 0 Å². The average molecular weight is 345 g/mol. The minimum atomic E-state index is 0.609. The van der Waals surface area contributed by atoms with Gasteiger partial charge in [0.1, 0.15) is 0 Å². The molecule has 0 bridgehead atoms. The molecular formula is C18H21BrN2. The molecule has 0 saturated carbocycles. The van der Waals surface area contributed by atoms with Crippen LogP contribution in [0.25, 0.3) is 0 Å². The third-order valence-electron chi connectivity index (χ3n) is 4.03. The second kappa shape index (κ2) is 7.21. The van der Waals surface area contributed by atoms with Crippen LogP contribution in [0.4, 0.5) is 0 Å². The number of hydrogen-bond acceptors (Lipinski definition) is 2. The molecule has 0 aliphatic carbocycles. The van der Waals surface area contributed by atoms with Crippen LogP contribution >= 0.6 is 15.9 Å². The summed E-state index contributed by atoms with van der Waals surface area (Å²) in [5.41, 5.74) is 2.76. The summed E-state index contributed by atoms with van der Waals surface area (Å²) in [6, 6.07) is 19.9. The predicted molar refractivity (Wildman–Crippen MR) is 91.1 cm³/mol. The molecule has 1 aliphatic heterocycles. The van der Waals surface area contributed by atoms with Crippen molar-refractivity contribution in [2.24, 2.45) is 0 Å². The lowest BCUT2D eigenvalue weighted by atomic mass is 10.2. The Morgan fingerprint density at radius 2 is 1.76 bits per heavy atom. The largest absolute Gasteiger partial charge is 0.309 e. The lowest BCUT2D eigenvalue weighted by Crippen LogP contribution is -2.31. The van der Waals surface area contributed by atoms with Crippen molar-refractivity contribution in [3.63, 3.8) is 0 Å². The third-order valence-corrected chi connectivity index (χ3v) is 4.56. The van der Waals surface area contributed by atoms with Crippen molar-refractivity contribution in [2.75, 3.05) is 13.1 Å². The predicted octanol–water partition coefficient (Wildman–Crippen LogP) is 3.81. The number of hydrogen-bond donors (Lipinski definition) is 1. The molecule has 1 heterocycles. The van der Waals surface area contributed by atoms with Crippen molar-refractivity contribution in [2.45, 2.75) is 25.6 Å². The van der Waals surface area contributed by atoms with E-state index in [0.717, 1.165) is 24.1 Å². The van der Waals surface area contributed by atoms with Crippen LogP contribution in [0.1, 0.15) is 17.5 Å². The average Bonchev–Trinajstić information content (AvgIpc) is 2.95. The molecule has 1 saturated heterocycles. The van der Waals surface area contributed by atoms with Crippen molar-refractivity contribution in [1.82, 2.24) is 10.2 Å². The third kappa shape index (κ3) is 4.40. The van der Waals surface area contributed by atoms with Gasteiger partial charge in [0.2, 0.25) is 0 Å². The highest BCUT2D eigenvalue weighted by Crippen LogP contribution is 2.15. The van der Waals surface area contributed by atoms with Gasteiger partial charge in [-0.25, -0.2) is 0 Å². The van der Waals surface area contributed by atoms with Gasteiger partial charge >= 0.3 is 0 Å². The first-order valence-corrected chi connectivity index (χ1v) is 8.33. The van der Waals surface area contributed by atoms with Crippen molar-refractivity contribution >= 4 is 15.9 Å². The molecule has 1 aliphatic rings. The number of rotatable bonds is 5. The summed E-state index contributed by atoms with van der Waals surface area (Å²) in [6.45, 7) is 4.35. The molecule has 3 rings (SSSR count). The molecule has 0 aromatic heterocycles. The summed E-state index contributed by atoms with van der Waals surface area (Å²) in [7, 11) is 0. The second-order valence-corrected chi connectivity index (χ2v) is 6.63. The maximum absolute atomic E-state index is 3.68. The first-order valence-electron chi connectivity index (χ1n) is 7.54. The summed E-state index contributed by atoms with van der Waals surface area (Å²) in [5.74, 6) is 0. The van der Waals surface area contributed by atoms with Gasteiger partial charge in [0.05, 0.1) is 0 Å². The van der Waals surface area contributed by atoms with E-state index in [4.69, 9.17) is 0 Å². The zero-order valence-electron chi connectivity index (χ0n) is 12.1. The molecule has 1 fully saturated rings. The Balaban J connectivity index is 1.45. The van der Waals surface area contributed by atoms with Gasteiger partial charge in [-0.2, -0.15) is 0 Å². The topological polar surface area (TPSA) is 15.3 Å². The molecule has 110 valence electrons. The number of likely N-dealkylation sites (tertiary alicyclic amines) is 1. The number of benzene rings is 2. The van der Waals surface area contributed by atoms with Crippen LogP contribution in [-0.4, -0.2) is 24.0 Å². The Morgan fingerprint density at radius 3 is 2.52 bits per heavy atom. The monoisotopic (exact) mass is 344 g/mol. The van der Waals surface area contributed by atoms with E-state index in [9.17, 15) is 0 Å². The van der Waals surface area contributed by atoms with Gasteiger partial charge in [-0.05, 0) is 29.7 Å². The fourth-order valence-electron chi connectivity index (χ4n) is 2.85. The Labute approximate surface area is 135 Å². The maximum Gasteiger partial charge on any atom is 0.0234 e. The van der Waals surface area contributed by atoms with Crippen molar-refractivity contribution in [1.29, 1.82) is 0 Å². The lowest BCUT2D eigenvalue weighted by molar-refractivity contribution is 0.320. The van der Waals surface area contributed by atoms with Gasteiger partial charge in [0.25, 0.3) is 0 Å². The SMILES string of the molecule is Brc1ccc(CNC2CCN(Cc3ccccc3)C2)cc1. The fraction of sp³-hybridized carbons (Fsp3) is 0.333. The normalized spacial score (nSPS) is 19.0. The molecule has 0 spiro atoms. The van der Waals surface area contributed by atoms with E-state index in [-0.39, 0.29) is 0 Å². The van der Waals surface area contributed by atoms with Crippen molar-refractivity contribution in [3.8, 4) is 0 Å². The smallest absolute Gasteiger partial charge is 0.0234 e. The first-order chi connectivity index (χ1) is 10.3. The van der Waals surface area contributed by atoms with E-state index >= 15 is 0 Å². The van der Waals surface area contributed by atoms with Crippen molar-refractivity contribution < 1.29 is 0 Å². The molecule has 2 aromatic rings. The van der Waals surface area contributed by atoms with Gasteiger partial charge in [-0.15, -0.1) is 0 Å². The van der Waals surface area contributed by atoms with Gasteiger partial charge in [0, 0.05) is 36.7 Å². The molecule has 1 unspecified atom stereocenters. The van der Waals surface area contributed by atoms with Crippen LogP contribution in [0.3, 0.4) is 0 Å². The summed E-state index contributed by atoms with van der Waals surface area (Å²) >= 11 is 3.48. The fourth-order valence-corrected chi connectivity index (χ4v) is 3.11. The Morgan fingerprint density at radius 1 is 1.00 bits per heavy atom. The molecule has 0 amide bonds. The van der Waals surface area contributed by atoms with E-state index < -0.39 is 0 Å². The maximum atomic E-state index is 3.68. The minimum absolute atomic E-state index is 0.609. The van der Waals surface area contributed by atoms with Gasteiger partial charge < -0.3 is 5.32 Å². The molecule has 1 N–H and O–H groups in total. The van der Waals surface area contributed by atoms with E-state index in [1.165, 1.54) is 24.1 Å². The summed E-state index contributed by atoms with van der Waals surface area (Å²) < 4.78 is 1.14. The van der Waals surface area contributed by atoms with Crippen LogP contribution in [0.5, 0.6) is 0 Å². The molecule has 2 aromatic carbocycles. The number of halogens is 1. The molecule has 3 heteroatoms. The van der Waals surface area contributed by atoms with Crippen molar-refractivity contribution in [3.05, 3.63) is 70.2 Å². The Bertz CT molecular complexity index is 553. The molecule has 21 heavy (non-hydrogen) atoms. The first kappa shape index (κ1) is 14.8. The summed E-state index contributed by atoms with van der Waals surface area (Å²) in [6.07, 6.45) is 1.24. The molecule has 2 nitrogen and oxygen atoms in total. The number of nitrogens with one attached hydrogen (secondary N) is 1. The second-order valence-electron chi connectivity index (χ2n) is 5.71. The van der Waals surface area contributed by atoms with Gasteiger partial charge in [-0.3, -0.25) is 4.90 Å². The summed E-state index contributed by atoms with van der Waals surface area (Å²) in [4.78, 5) is 2.54.